The Morgan fingerprint density at radius 3 is 2.33 bits per heavy atom. The van der Waals surface area contributed by atoms with Crippen LogP contribution in [0.25, 0.3) is 0 Å². The van der Waals surface area contributed by atoms with E-state index in [0.29, 0.717) is 0 Å². The van der Waals surface area contributed by atoms with Crippen LogP contribution in [-0.4, -0.2) is 21.3 Å². The molecule has 0 aromatic carbocycles. The van der Waals surface area contributed by atoms with Crippen molar-refractivity contribution in [3.63, 3.8) is 0 Å². The van der Waals surface area contributed by atoms with Crippen LogP contribution in [0.15, 0.2) is 0 Å². The first-order valence-electron chi connectivity index (χ1n) is 5.64. The molecule has 4 heteroatoms. The van der Waals surface area contributed by atoms with Gasteiger partial charge in [-0.3, -0.25) is 4.57 Å². The van der Waals surface area contributed by atoms with Crippen molar-refractivity contribution in [2.45, 2.75) is 47.6 Å². The van der Waals surface area contributed by atoms with Gasteiger partial charge in [-0.25, -0.2) is 0 Å². The van der Waals surface area contributed by atoms with Gasteiger partial charge in [0.15, 0.2) is 0 Å². The number of nitrogens with zero attached hydrogens (tertiary/aromatic N) is 3. The minimum Gasteiger partial charge on any atom is -0.355 e. The maximum absolute atomic E-state index is 4.24. The summed E-state index contributed by atoms with van der Waals surface area (Å²) in [4.78, 5) is 0. The molecule has 0 bridgehead atoms. The maximum Gasteiger partial charge on any atom is 0.224 e. The van der Waals surface area contributed by atoms with Crippen molar-refractivity contribution in [1.82, 2.24) is 14.8 Å². The fourth-order valence-electron chi connectivity index (χ4n) is 1.56. The van der Waals surface area contributed by atoms with Gasteiger partial charge in [-0.05, 0) is 19.3 Å². The van der Waals surface area contributed by atoms with Crippen LogP contribution in [-0.2, 0) is 13.0 Å². The molecule has 0 spiro atoms. The molecule has 0 radical (unpaired) electrons. The van der Waals surface area contributed by atoms with Crippen LogP contribution in [0.5, 0.6) is 0 Å². The smallest absolute Gasteiger partial charge is 0.224 e. The zero-order valence-electron chi connectivity index (χ0n) is 10.5. The summed E-state index contributed by atoms with van der Waals surface area (Å²) in [6.45, 7) is 12.6. The summed E-state index contributed by atoms with van der Waals surface area (Å²) >= 11 is 0. The molecule has 0 aliphatic carbocycles. The van der Waals surface area contributed by atoms with E-state index in [4.69, 9.17) is 0 Å². The van der Waals surface area contributed by atoms with Crippen LogP contribution in [0.3, 0.4) is 0 Å². The topological polar surface area (TPSA) is 42.7 Å². The summed E-state index contributed by atoms with van der Waals surface area (Å²) in [5.41, 5.74) is 0.253. The van der Waals surface area contributed by atoms with E-state index in [1.54, 1.807) is 0 Å². The van der Waals surface area contributed by atoms with Crippen molar-refractivity contribution in [3.8, 4) is 0 Å². The van der Waals surface area contributed by atoms with Crippen molar-refractivity contribution in [1.29, 1.82) is 0 Å². The summed E-state index contributed by atoms with van der Waals surface area (Å²) < 4.78 is 2.15. The second kappa shape index (κ2) is 4.64. The first-order chi connectivity index (χ1) is 6.98. The highest BCUT2D eigenvalue weighted by Gasteiger charge is 2.17. The molecular weight excluding hydrogens is 188 g/mol. The highest BCUT2D eigenvalue weighted by Crippen LogP contribution is 2.20. The molecular formula is C11H22N4. The Balaban J connectivity index is 2.89. The fourth-order valence-corrected chi connectivity index (χ4v) is 1.56. The van der Waals surface area contributed by atoms with Crippen LogP contribution in [0.1, 0.15) is 40.4 Å². The van der Waals surface area contributed by atoms with Gasteiger partial charge in [-0.2, -0.15) is 0 Å². The largest absolute Gasteiger partial charge is 0.355 e. The van der Waals surface area contributed by atoms with Gasteiger partial charge >= 0.3 is 0 Å². The zero-order valence-corrected chi connectivity index (χ0v) is 10.5. The van der Waals surface area contributed by atoms with Crippen molar-refractivity contribution < 1.29 is 0 Å². The van der Waals surface area contributed by atoms with Crippen molar-refractivity contribution in [2.75, 3.05) is 11.9 Å². The van der Waals surface area contributed by atoms with E-state index >= 15 is 0 Å². The predicted octanol–water partition coefficient (Wildman–Crippen LogP) is 2.32. The Labute approximate surface area is 92.1 Å². The van der Waals surface area contributed by atoms with Crippen LogP contribution in [0.4, 0.5) is 5.95 Å². The molecule has 1 aromatic rings. The van der Waals surface area contributed by atoms with Gasteiger partial charge in [-0.1, -0.05) is 20.8 Å². The van der Waals surface area contributed by atoms with Crippen LogP contribution in [0, 0.1) is 5.41 Å². The number of nitrogens with one attached hydrogen (secondary N) is 1. The molecule has 0 amide bonds. The van der Waals surface area contributed by atoms with Crippen molar-refractivity contribution in [3.05, 3.63) is 5.82 Å². The lowest BCUT2D eigenvalue weighted by atomic mass is 9.92. The monoisotopic (exact) mass is 210 g/mol. The number of rotatable bonds is 4. The molecule has 0 aliphatic rings. The number of hydrogen-bond donors (Lipinski definition) is 1. The van der Waals surface area contributed by atoms with Crippen LogP contribution < -0.4 is 5.32 Å². The van der Waals surface area contributed by atoms with Gasteiger partial charge in [0.1, 0.15) is 5.82 Å². The van der Waals surface area contributed by atoms with Crippen molar-refractivity contribution >= 4 is 5.95 Å². The molecule has 1 rings (SSSR count). The summed E-state index contributed by atoms with van der Waals surface area (Å²) in [5, 5.41) is 11.6. The molecule has 0 saturated carbocycles. The molecule has 4 nitrogen and oxygen atoms in total. The van der Waals surface area contributed by atoms with E-state index in [1.165, 1.54) is 0 Å². The average molecular weight is 210 g/mol. The van der Waals surface area contributed by atoms with E-state index in [-0.39, 0.29) is 5.41 Å². The molecule has 15 heavy (non-hydrogen) atoms. The zero-order chi connectivity index (χ0) is 11.5. The molecule has 0 aliphatic heterocycles. The molecule has 0 atom stereocenters. The Hall–Kier alpha value is -1.06. The molecule has 1 N–H and O–H groups in total. The quantitative estimate of drug-likeness (QED) is 0.829. The third-order valence-electron chi connectivity index (χ3n) is 2.17. The van der Waals surface area contributed by atoms with E-state index in [1.807, 2.05) is 0 Å². The minimum atomic E-state index is 0.253. The summed E-state index contributed by atoms with van der Waals surface area (Å²) in [6.07, 6.45) is 0.958. The number of hydrogen-bond acceptors (Lipinski definition) is 3. The highest BCUT2D eigenvalue weighted by atomic mass is 15.3. The minimum absolute atomic E-state index is 0.253. The van der Waals surface area contributed by atoms with Crippen LogP contribution >= 0.6 is 0 Å². The molecule has 0 fully saturated rings. The SMILES string of the molecule is CCNc1nnc(CC(C)(C)C)n1CC. The van der Waals surface area contributed by atoms with Gasteiger partial charge in [-0.15, -0.1) is 10.2 Å². The standard InChI is InChI=1S/C11H22N4/c1-6-12-10-14-13-9(15(10)7-2)8-11(3,4)5/h6-8H2,1-5H3,(H,12,14). The Bertz CT molecular complexity index is 309. The molecule has 1 heterocycles. The maximum atomic E-state index is 4.24. The third-order valence-corrected chi connectivity index (χ3v) is 2.17. The third kappa shape index (κ3) is 3.22. The second-order valence-electron chi connectivity index (χ2n) is 4.95. The predicted molar refractivity (Wildman–Crippen MR) is 63.0 cm³/mol. The normalized spacial score (nSPS) is 11.8. The second-order valence-corrected chi connectivity index (χ2v) is 4.95. The van der Waals surface area contributed by atoms with Crippen LogP contribution in [0.2, 0.25) is 0 Å². The van der Waals surface area contributed by atoms with E-state index < -0.39 is 0 Å². The van der Waals surface area contributed by atoms with Gasteiger partial charge in [0.05, 0.1) is 0 Å². The number of aromatic nitrogens is 3. The van der Waals surface area contributed by atoms with Gasteiger partial charge in [0.2, 0.25) is 5.95 Å². The Kier molecular flexibility index (Phi) is 3.72. The van der Waals surface area contributed by atoms with E-state index in [0.717, 1.165) is 31.3 Å². The van der Waals surface area contributed by atoms with Gasteiger partial charge in [0.25, 0.3) is 0 Å². The summed E-state index contributed by atoms with van der Waals surface area (Å²) in [6, 6.07) is 0. The Morgan fingerprint density at radius 2 is 1.87 bits per heavy atom. The summed E-state index contributed by atoms with van der Waals surface area (Å²) in [7, 11) is 0. The summed E-state index contributed by atoms with van der Waals surface area (Å²) in [5.74, 6) is 1.96. The highest BCUT2D eigenvalue weighted by molar-refractivity contribution is 5.25. The molecule has 0 saturated heterocycles. The van der Waals surface area contributed by atoms with Gasteiger partial charge in [0, 0.05) is 19.5 Å². The van der Waals surface area contributed by atoms with E-state index in [2.05, 4.69) is 54.7 Å². The molecule has 0 unspecified atom stereocenters. The fraction of sp³-hybridized carbons (Fsp3) is 0.818. The van der Waals surface area contributed by atoms with E-state index in [9.17, 15) is 0 Å². The van der Waals surface area contributed by atoms with Gasteiger partial charge < -0.3 is 5.32 Å². The Morgan fingerprint density at radius 1 is 1.20 bits per heavy atom. The number of anilines is 1. The first-order valence-corrected chi connectivity index (χ1v) is 5.64. The van der Waals surface area contributed by atoms with Crippen molar-refractivity contribution in [2.24, 2.45) is 5.41 Å². The first kappa shape index (κ1) is 12.0. The average Bonchev–Trinajstić information content (AvgIpc) is 2.45. The lowest BCUT2D eigenvalue weighted by molar-refractivity contribution is 0.392. The molecule has 86 valence electrons. The lowest BCUT2D eigenvalue weighted by Gasteiger charge is -2.17. The lowest BCUT2D eigenvalue weighted by Crippen LogP contribution is -2.15. The molecule has 1 aromatic heterocycles.